The van der Waals surface area contributed by atoms with E-state index in [0.29, 0.717) is 6.54 Å². The molecule has 1 heterocycles. The van der Waals surface area contributed by atoms with Crippen molar-refractivity contribution in [3.63, 3.8) is 0 Å². The van der Waals surface area contributed by atoms with Crippen molar-refractivity contribution in [1.82, 2.24) is 15.5 Å². The summed E-state index contributed by atoms with van der Waals surface area (Å²) in [6, 6.07) is 7.95. The normalized spacial score (nSPS) is 16.0. The zero-order valence-electron chi connectivity index (χ0n) is 15.5. The molecule has 0 aliphatic carbocycles. The number of carbonyl (C=O) groups is 1. The van der Waals surface area contributed by atoms with Gasteiger partial charge in [-0.05, 0) is 32.0 Å². The average molecular weight is 366 g/mol. The van der Waals surface area contributed by atoms with Crippen molar-refractivity contribution in [3.05, 3.63) is 29.3 Å². The molecule has 0 bridgehead atoms. The predicted molar refractivity (Wildman–Crippen MR) is 104 cm³/mol. The summed E-state index contributed by atoms with van der Waals surface area (Å²) in [6.07, 6.45) is 0. The maximum atomic E-state index is 11.9. The van der Waals surface area contributed by atoms with E-state index in [1.807, 2.05) is 32.0 Å². The molecule has 0 unspecified atom stereocenters. The second kappa shape index (κ2) is 8.43. The zero-order valence-corrected chi connectivity index (χ0v) is 16.2. The van der Waals surface area contributed by atoms with Crippen LogP contribution in [0.25, 0.3) is 0 Å². The molecule has 1 fully saturated rings. The quantitative estimate of drug-likeness (QED) is 0.631. The lowest BCUT2D eigenvalue weighted by molar-refractivity contribution is -0.128. The number of guanidine groups is 1. The molecular weight excluding hydrogens is 338 g/mol. The van der Waals surface area contributed by atoms with Gasteiger partial charge in [0.1, 0.15) is 0 Å². The Hall–Kier alpha value is -1.95. The number of anilines is 1. The molecule has 2 rings (SSSR count). The van der Waals surface area contributed by atoms with Gasteiger partial charge in [0.05, 0.1) is 5.41 Å². The molecular formula is C18H28ClN5O. The largest absolute Gasteiger partial charge is 0.368 e. The van der Waals surface area contributed by atoms with E-state index in [4.69, 9.17) is 11.6 Å². The molecule has 0 spiro atoms. The molecule has 1 aliphatic rings. The Labute approximate surface area is 155 Å². The van der Waals surface area contributed by atoms with Gasteiger partial charge in [0.2, 0.25) is 5.91 Å². The van der Waals surface area contributed by atoms with Crippen molar-refractivity contribution in [3.8, 4) is 0 Å². The average Bonchev–Trinajstić information content (AvgIpc) is 2.62. The Morgan fingerprint density at radius 1 is 1.28 bits per heavy atom. The summed E-state index contributed by atoms with van der Waals surface area (Å²) >= 11 is 6.09. The lowest BCUT2D eigenvalue weighted by Crippen LogP contribution is -2.54. The summed E-state index contributed by atoms with van der Waals surface area (Å²) < 4.78 is 0. The Balaban J connectivity index is 1.91. The highest BCUT2D eigenvalue weighted by Gasteiger charge is 2.28. The highest BCUT2D eigenvalue weighted by Crippen LogP contribution is 2.21. The number of aliphatic imine (C=N–C) groups is 1. The zero-order chi connectivity index (χ0) is 18.4. The molecule has 1 aromatic rings. The van der Waals surface area contributed by atoms with Crippen LogP contribution in [-0.4, -0.2) is 63.6 Å². The molecule has 1 saturated heterocycles. The lowest BCUT2D eigenvalue weighted by atomic mass is 9.92. The van der Waals surface area contributed by atoms with Gasteiger partial charge >= 0.3 is 0 Å². The topological polar surface area (TPSA) is 60.0 Å². The molecule has 0 aromatic heterocycles. The van der Waals surface area contributed by atoms with Crippen LogP contribution in [0.3, 0.4) is 0 Å². The summed E-state index contributed by atoms with van der Waals surface area (Å²) in [5, 5.41) is 6.80. The fourth-order valence-electron chi connectivity index (χ4n) is 2.90. The van der Waals surface area contributed by atoms with Crippen molar-refractivity contribution >= 4 is 29.2 Å². The number of hydrogen-bond acceptors (Lipinski definition) is 3. The molecule has 7 heteroatoms. The first-order valence-electron chi connectivity index (χ1n) is 8.55. The van der Waals surface area contributed by atoms with Gasteiger partial charge in [-0.25, -0.2) is 0 Å². The van der Waals surface area contributed by atoms with Crippen LogP contribution in [0.4, 0.5) is 5.69 Å². The molecule has 0 radical (unpaired) electrons. The van der Waals surface area contributed by atoms with E-state index >= 15 is 0 Å². The fraction of sp³-hybridized carbons (Fsp3) is 0.556. The molecule has 25 heavy (non-hydrogen) atoms. The van der Waals surface area contributed by atoms with E-state index in [1.54, 1.807) is 14.1 Å². The number of carbonyl (C=O) groups excluding carboxylic acids is 1. The van der Waals surface area contributed by atoms with Crippen molar-refractivity contribution in [1.29, 1.82) is 0 Å². The molecule has 138 valence electrons. The van der Waals surface area contributed by atoms with Gasteiger partial charge in [0, 0.05) is 57.5 Å². The number of nitrogens with one attached hydrogen (secondary N) is 2. The third-order valence-electron chi connectivity index (χ3n) is 4.49. The van der Waals surface area contributed by atoms with Crippen molar-refractivity contribution < 1.29 is 4.79 Å². The molecule has 1 aromatic carbocycles. The molecule has 2 N–H and O–H groups in total. The summed E-state index contributed by atoms with van der Waals surface area (Å²) in [5.74, 6) is 0.851. The highest BCUT2D eigenvalue weighted by atomic mass is 35.5. The van der Waals surface area contributed by atoms with Crippen LogP contribution in [0.2, 0.25) is 5.02 Å². The van der Waals surface area contributed by atoms with E-state index in [2.05, 4.69) is 31.5 Å². The Kier molecular flexibility index (Phi) is 6.53. The molecule has 1 aliphatic heterocycles. The first-order valence-corrected chi connectivity index (χ1v) is 8.93. The summed E-state index contributed by atoms with van der Waals surface area (Å²) in [6.45, 7) is 7.92. The van der Waals surface area contributed by atoms with E-state index < -0.39 is 5.41 Å². The predicted octanol–water partition coefficient (Wildman–Crippen LogP) is 1.81. The van der Waals surface area contributed by atoms with E-state index in [9.17, 15) is 4.79 Å². The third-order valence-corrected chi connectivity index (χ3v) is 4.73. The molecule has 6 nitrogen and oxygen atoms in total. The first kappa shape index (κ1) is 19.4. The van der Waals surface area contributed by atoms with E-state index in [1.165, 1.54) is 0 Å². The lowest BCUT2D eigenvalue weighted by Gasteiger charge is -2.38. The summed E-state index contributed by atoms with van der Waals surface area (Å²) in [7, 11) is 3.44. The second-order valence-electron chi connectivity index (χ2n) is 6.82. The Morgan fingerprint density at radius 3 is 2.52 bits per heavy atom. The van der Waals surface area contributed by atoms with Gasteiger partial charge in [0.25, 0.3) is 0 Å². The number of piperazine rings is 1. The van der Waals surface area contributed by atoms with Crippen molar-refractivity contribution in [2.75, 3.05) is 51.7 Å². The van der Waals surface area contributed by atoms with Gasteiger partial charge < -0.3 is 20.4 Å². The third kappa shape index (κ3) is 5.01. The van der Waals surface area contributed by atoms with Crippen LogP contribution in [0.15, 0.2) is 29.3 Å². The Bertz CT molecular complexity index is 624. The smallest absolute Gasteiger partial charge is 0.227 e. The standard InChI is InChI=1S/C18H28ClN5O/c1-18(2,16(25)20-3)13-22-17(21-4)24-10-8-23(9-11-24)15-7-5-6-14(19)12-15/h5-7,12H,8-11,13H2,1-4H3,(H,20,25)(H,21,22). The van der Waals surface area contributed by atoms with Crippen LogP contribution in [0.1, 0.15) is 13.8 Å². The van der Waals surface area contributed by atoms with Crippen LogP contribution in [0.5, 0.6) is 0 Å². The van der Waals surface area contributed by atoms with Gasteiger partial charge in [0.15, 0.2) is 5.96 Å². The minimum absolute atomic E-state index is 0.0150. The van der Waals surface area contributed by atoms with Crippen LogP contribution < -0.4 is 15.5 Å². The van der Waals surface area contributed by atoms with E-state index in [-0.39, 0.29) is 5.91 Å². The molecule has 0 atom stereocenters. The fourth-order valence-corrected chi connectivity index (χ4v) is 3.08. The minimum atomic E-state index is -0.493. The van der Waals surface area contributed by atoms with Crippen molar-refractivity contribution in [2.45, 2.75) is 13.8 Å². The van der Waals surface area contributed by atoms with Gasteiger partial charge in [-0.15, -0.1) is 0 Å². The number of nitrogens with zero attached hydrogens (tertiary/aromatic N) is 3. The van der Waals surface area contributed by atoms with Gasteiger partial charge in [-0.3, -0.25) is 9.79 Å². The highest BCUT2D eigenvalue weighted by molar-refractivity contribution is 6.30. The van der Waals surface area contributed by atoms with Gasteiger partial charge in [-0.1, -0.05) is 17.7 Å². The number of amides is 1. The second-order valence-corrected chi connectivity index (χ2v) is 7.25. The van der Waals surface area contributed by atoms with Crippen LogP contribution in [-0.2, 0) is 4.79 Å². The van der Waals surface area contributed by atoms with Crippen LogP contribution in [0, 0.1) is 5.41 Å². The number of halogens is 1. The molecule has 0 saturated carbocycles. The van der Waals surface area contributed by atoms with Crippen molar-refractivity contribution in [2.24, 2.45) is 10.4 Å². The minimum Gasteiger partial charge on any atom is -0.368 e. The number of hydrogen-bond donors (Lipinski definition) is 2. The monoisotopic (exact) mass is 365 g/mol. The first-order chi connectivity index (χ1) is 11.9. The summed E-state index contributed by atoms with van der Waals surface area (Å²) in [4.78, 5) is 20.8. The number of rotatable bonds is 4. The van der Waals surface area contributed by atoms with Gasteiger partial charge in [-0.2, -0.15) is 0 Å². The van der Waals surface area contributed by atoms with E-state index in [0.717, 1.165) is 42.8 Å². The van der Waals surface area contributed by atoms with Crippen LogP contribution >= 0.6 is 11.6 Å². The summed E-state index contributed by atoms with van der Waals surface area (Å²) in [5.41, 5.74) is 0.656. The molecule has 1 amide bonds. The SMILES string of the molecule is CN=C(NCC(C)(C)C(=O)NC)N1CCN(c2cccc(Cl)c2)CC1. The maximum Gasteiger partial charge on any atom is 0.227 e. The maximum absolute atomic E-state index is 11.9. The number of benzene rings is 1. The Morgan fingerprint density at radius 2 is 1.96 bits per heavy atom.